The summed E-state index contributed by atoms with van der Waals surface area (Å²) < 4.78 is 21.8. The number of methoxy groups -OCH3 is 4. The highest BCUT2D eigenvalue weighted by Gasteiger charge is 2.36. The van der Waals surface area contributed by atoms with Crippen LogP contribution in [0, 0.1) is 17.2 Å². The van der Waals surface area contributed by atoms with Crippen LogP contribution in [-0.2, 0) is 16.6 Å². The van der Waals surface area contributed by atoms with Crippen LogP contribution in [0.25, 0.3) is 6.08 Å². The van der Waals surface area contributed by atoms with E-state index in [4.69, 9.17) is 18.9 Å². The molecule has 0 amide bonds. The highest BCUT2D eigenvalue weighted by molar-refractivity contribution is 5.91. The predicted octanol–water partition coefficient (Wildman–Crippen LogP) is 5.70. The summed E-state index contributed by atoms with van der Waals surface area (Å²) in [7, 11) is 8.53. The Morgan fingerprint density at radius 3 is 2.13 bits per heavy atom. The molecule has 0 bridgehead atoms. The van der Waals surface area contributed by atoms with Gasteiger partial charge in [-0.1, -0.05) is 26.0 Å². The molecule has 2 aromatic carbocycles. The number of nitrogens with zero attached hydrogens (tertiary/aromatic N) is 2. The summed E-state index contributed by atoms with van der Waals surface area (Å²) in [4.78, 5) is 13.8. The van der Waals surface area contributed by atoms with E-state index in [9.17, 15) is 10.1 Å². The van der Waals surface area contributed by atoms with Gasteiger partial charge in [0.2, 0.25) is 0 Å². The monoisotopic (exact) mass is 522 g/mol. The first-order chi connectivity index (χ1) is 18.1. The molecule has 38 heavy (non-hydrogen) atoms. The second-order valence-corrected chi connectivity index (χ2v) is 9.81. The topological polar surface area (TPSA) is 81.0 Å². The lowest BCUT2D eigenvalue weighted by molar-refractivity contribution is -0.112. The van der Waals surface area contributed by atoms with Gasteiger partial charge in [0.25, 0.3) is 0 Å². The number of rotatable bonds is 15. The molecule has 2 rings (SSSR count). The van der Waals surface area contributed by atoms with E-state index in [2.05, 4.69) is 31.9 Å². The molecule has 0 saturated carbocycles. The van der Waals surface area contributed by atoms with Crippen LogP contribution in [0.3, 0.4) is 0 Å². The average molecular weight is 523 g/mol. The molecule has 7 nitrogen and oxygen atoms in total. The van der Waals surface area contributed by atoms with Crippen LogP contribution in [-0.4, -0.2) is 59.3 Å². The summed E-state index contributed by atoms with van der Waals surface area (Å²) in [5, 5.41) is 10.3. The number of ketones is 1. The van der Waals surface area contributed by atoms with Gasteiger partial charge in [0.1, 0.15) is 0 Å². The Bertz CT molecular complexity index is 1150. The second kappa shape index (κ2) is 14.4. The maximum Gasteiger partial charge on any atom is 0.161 e. The maximum atomic E-state index is 11.5. The molecule has 0 aliphatic heterocycles. The van der Waals surface area contributed by atoms with Gasteiger partial charge in [0.15, 0.2) is 28.8 Å². The van der Waals surface area contributed by atoms with Gasteiger partial charge in [-0.25, -0.2) is 0 Å². The van der Waals surface area contributed by atoms with Crippen molar-refractivity contribution in [3.05, 3.63) is 53.1 Å². The highest BCUT2D eigenvalue weighted by atomic mass is 16.5. The van der Waals surface area contributed by atoms with E-state index < -0.39 is 5.41 Å². The van der Waals surface area contributed by atoms with Crippen molar-refractivity contribution < 1.29 is 23.7 Å². The molecule has 0 aromatic heterocycles. The van der Waals surface area contributed by atoms with E-state index in [1.807, 2.05) is 36.4 Å². The molecule has 7 heteroatoms. The van der Waals surface area contributed by atoms with Crippen molar-refractivity contribution in [1.29, 1.82) is 5.26 Å². The lowest BCUT2D eigenvalue weighted by Crippen LogP contribution is -2.32. The van der Waals surface area contributed by atoms with Gasteiger partial charge in [-0.3, -0.25) is 4.79 Å². The first-order valence-corrected chi connectivity index (χ1v) is 12.9. The molecule has 0 spiro atoms. The van der Waals surface area contributed by atoms with Crippen LogP contribution in [0.1, 0.15) is 50.3 Å². The molecule has 0 N–H and O–H groups in total. The van der Waals surface area contributed by atoms with Gasteiger partial charge >= 0.3 is 0 Å². The number of hydrogen-bond donors (Lipinski definition) is 0. The van der Waals surface area contributed by atoms with E-state index in [1.54, 1.807) is 34.5 Å². The number of likely N-dealkylation sites (N-methyl/N-ethyl adjacent to an activating group) is 1. The average Bonchev–Trinajstić information content (AvgIpc) is 2.92. The third kappa shape index (κ3) is 7.52. The fourth-order valence-corrected chi connectivity index (χ4v) is 4.70. The van der Waals surface area contributed by atoms with Gasteiger partial charge in [0.05, 0.1) is 39.9 Å². The van der Waals surface area contributed by atoms with Gasteiger partial charge in [-0.05, 0) is 92.7 Å². The quantitative estimate of drug-likeness (QED) is 0.278. The summed E-state index contributed by atoms with van der Waals surface area (Å²) in [5.41, 5.74) is 2.32. The first kappa shape index (κ1) is 30.7. The van der Waals surface area contributed by atoms with Crippen LogP contribution in [0.15, 0.2) is 36.4 Å². The molecule has 206 valence electrons. The van der Waals surface area contributed by atoms with Crippen LogP contribution in [0.5, 0.6) is 23.0 Å². The first-order valence-electron chi connectivity index (χ1n) is 12.9. The van der Waals surface area contributed by atoms with Gasteiger partial charge < -0.3 is 23.8 Å². The molecule has 0 aliphatic carbocycles. The Kier molecular flexibility index (Phi) is 11.7. The van der Waals surface area contributed by atoms with Gasteiger partial charge in [0, 0.05) is 6.54 Å². The van der Waals surface area contributed by atoms with Crippen molar-refractivity contribution >= 4 is 11.9 Å². The van der Waals surface area contributed by atoms with E-state index in [0.29, 0.717) is 23.0 Å². The number of nitriles is 1. The third-order valence-electron chi connectivity index (χ3n) is 7.10. The number of carbonyl (C=O) groups excluding carboxylic acids is 1. The Labute approximate surface area is 228 Å². The third-order valence-corrected chi connectivity index (χ3v) is 7.10. The Balaban J connectivity index is 2.14. The summed E-state index contributed by atoms with van der Waals surface area (Å²) in [6.07, 6.45) is 5.75. The standard InChI is InChI=1S/C31H42N2O5/c1-22(2)31(21-32,26-12-13-27(35-5)30(20-26)38-8)15-9-16-33(4)17-14-25-19-29(37-7)28(36-6)18-24(25)11-10-23(3)34/h10-13,18-20,22H,9,14-17H2,1-8H3/b11-10+. The van der Waals surface area contributed by atoms with Crippen LogP contribution in [0.4, 0.5) is 0 Å². The minimum absolute atomic E-state index is 0.0107. The summed E-state index contributed by atoms with van der Waals surface area (Å²) in [5.74, 6) is 2.69. The van der Waals surface area contributed by atoms with Crippen molar-refractivity contribution in [3.63, 3.8) is 0 Å². The van der Waals surface area contributed by atoms with E-state index in [1.165, 1.54) is 6.92 Å². The number of hydrogen-bond acceptors (Lipinski definition) is 7. The number of ether oxygens (including phenoxy) is 4. The van der Waals surface area contributed by atoms with Crippen LogP contribution >= 0.6 is 0 Å². The van der Waals surface area contributed by atoms with Crippen molar-refractivity contribution in [2.45, 2.75) is 45.4 Å². The molecule has 1 unspecified atom stereocenters. The summed E-state index contributed by atoms with van der Waals surface area (Å²) in [6, 6.07) is 12.3. The van der Waals surface area contributed by atoms with Gasteiger partial charge in [-0.15, -0.1) is 0 Å². The summed E-state index contributed by atoms with van der Waals surface area (Å²) >= 11 is 0. The zero-order valence-corrected chi connectivity index (χ0v) is 24.1. The SMILES string of the molecule is COc1ccc(C(C#N)(CCCN(C)CCc2cc(OC)c(OC)cc2/C=C/C(C)=O)C(C)C)cc1OC. The maximum absolute atomic E-state index is 11.5. The van der Waals surface area contributed by atoms with Gasteiger partial charge in [-0.2, -0.15) is 5.26 Å². The number of carbonyl (C=O) groups is 1. The zero-order valence-electron chi connectivity index (χ0n) is 24.1. The predicted molar refractivity (Wildman–Crippen MR) is 151 cm³/mol. The molecule has 0 heterocycles. The Morgan fingerprint density at radius 2 is 1.58 bits per heavy atom. The largest absolute Gasteiger partial charge is 0.493 e. The fraction of sp³-hybridized carbons (Fsp3) is 0.484. The van der Waals surface area contributed by atoms with Crippen molar-refractivity contribution in [1.82, 2.24) is 4.90 Å². The fourth-order valence-electron chi connectivity index (χ4n) is 4.70. The normalized spacial score (nSPS) is 12.9. The van der Waals surface area contributed by atoms with E-state index in [-0.39, 0.29) is 11.7 Å². The van der Waals surface area contributed by atoms with E-state index in [0.717, 1.165) is 49.0 Å². The molecule has 0 radical (unpaired) electrons. The lowest BCUT2D eigenvalue weighted by Gasteiger charge is -2.32. The minimum Gasteiger partial charge on any atom is -0.493 e. The molecule has 1 atom stereocenters. The molecule has 0 aliphatic rings. The zero-order chi connectivity index (χ0) is 28.3. The highest BCUT2D eigenvalue weighted by Crippen LogP contribution is 2.40. The second-order valence-electron chi connectivity index (χ2n) is 9.81. The van der Waals surface area contributed by atoms with E-state index >= 15 is 0 Å². The van der Waals surface area contributed by atoms with Crippen LogP contribution < -0.4 is 18.9 Å². The lowest BCUT2D eigenvalue weighted by atomic mass is 9.69. The number of benzene rings is 2. The van der Waals surface area contributed by atoms with Crippen LogP contribution in [0.2, 0.25) is 0 Å². The minimum atomic E-state index is -0.631. The van der Waals surface area contributed by atoms with Crippen molar-refractivity contribution in [3.8, 4) is 29.1 Å². The Morgan fingerprint density at radius 1 is 0.974 bits per heavy atom. The van der Waals surface area contributed by atoms with Crippen molar-refractivity contribution in [2.75, 3.05) is 48.6 Å². The molecule has 0 saturated heterocycles. The van der Waals surface area contributed by atoms with Crippen molar-refractivity contribution in [2.24, 2.45) is 5.92 Å². The summed E-state index contributed by atoms with van der Waals surface area (Å²) in [6.45, 7) is 7.38. The Hall–Kier alpha value is -3.50. The smallest absolute Gasteiger partial charge is 0.161 e. The molecular weight excluding hydrogens is 480 g/mol. The molecule has 0 fully saturated rings. The molecular formula is C31H42N2O5. The molecule has 2 aromatic rings. The number of allylic oxidation sites excluding steroid dienone is 1.